The van der Waals surface area contributed by atoms with Crippen LogP contribution < -0.4 is 15.6 Å². The van der Waals surface area contributed by atoms with Gasteiger partial charge in [-0.15, -0.1) is 0 Å². The van der Waals surface area contributed by atoms with Gasteiger partial charge in [-0.25, -0.2) is 0 Å². The summed E-state index contributed by atoms with van der Waals surface area (Å²) in [6.45, 7) is 7.86. The van der Waals surface area contributed by atoms with Gasteiger partial charge in [0.05, 0.1) is 29.7 Å². The highest BCUT2D eigenvalue weighted by atomic mass is 16.5. The van der Waals surface area contributed by atoms with Crippen LogP contribution in [0.1, 0.15) is 41.6 Å². The van der Waals surface area contributed by atoms with E-state index in [9.17, 15) is 9.59 Å². The molecular weight excluding hydrogens is 356 g/mol. The summed E-state index contributed by atoms with van der Waals surface area (Å²) in [7, 11) is 1.58. The number of rotatable bonds is 5. The highest BCUT2D eigenvalue weighted by Gasteiger charge is 2.17. The summed E-state index contributed by atoms with van der Waals surface area (Å²) in [5.41, 5.74) is 3.15. The fourth-order valence-electron chi connectivity index (χ4n) is 3.10. The van der Waals surface area contributed by atoms with E-state index in [0.29, 0.717) is 22.7 Å². The lowest BCUT2D eigenvalue weighted by Crippen LogP contribution is -2.21. The molecule has 0 fully saturated rings. The lowest BCUT2D eigenvalue weighted by molar-refractivity contribution is 0.102. The predicted molar refractivity (Wildman–Crippen MR) is 109 cm³/mol. The molecule has 0 aliphatic carbocycles. The first kappa shape index (κ1) is 19.4. The van der Waals surface area contributed by atoms with Crippen LogP contribution in [0.3, 0.4) is 0 Å². The van der Waals surface area contributed by atoms with Crippen molar-refractivity contribution in [3.05, 3.63) is 69.9 Å². The quantitative estimate of drug-likeness (QED) is 0.735. The Bertz CT molecular complexity index is 1060. The Morgan fingerprint density at radius 2 is 1.79 bits per heavy atom. The average Bonchev–Trinajstić information content (AvgIpc) is 2.97. The number of hydrogen-bond acceptors (Lipinski definition) is 4. The number of aryl methyl sites for hydroxylation is 1. The zero-order chi connectivity index (χ0) is 20.4. The molecule has 2 heterocycles. The number of nitrogens with one attached hydrogen (secondary N) is 1. The van der Waals surface area contributed by atoms with E-state index in [4.69, 9.17) is 4.74 Å². The molecule has 3 aromatic rings. The van der Waals surface area contributed by atoms with Crippen LogP contribution in [-0.4, -0.2) is 27.4 Å². The molecule has 1 aromatic carbocycles. The molecule has 2 aromatic heterocycles. The van der Waals surface area contributed by atoms with Crippen LogP contribution in [0.2, 0.25) is 0 Å². The summed E-state index contributed by atoms with van der Waals surface area (Å²) in [5, 5.41) is 7.42. The summed E-state index contributed by atoms with van der Waals surface area (Å²) in [5.74, 6) is 0.399. The van der Waals surface area contributed by atoms with Gasteiger partial charge in [0.25, 0.3) is 11.5 Å². The number of nitrogens with zero attached hydrogens (tertiary/aromatic N) is 3. The second-order valence-electron chi connectivity index (χ2n) is 6.86. The van der Waals surface area contributed by atoms with Crippen molar-refractivity contribution < 1.29 is 9.53 Å². The molecule has 28 heavy (non-hydrogen) atoms. The maximum atomic E-state index is 12.8. The van der Waals surface area contributed by atoms with Crippen molar-refractivity contribution in [2.24, 2.45) is 0 Å². The van der Waals surface area contributed by atoms with Gasteiger partial charge in [0, 0.05) is 24.0 Å². The molecule has 0 unspecified atom stereocenters. The normalized spacial score (nSPS) is 10.9. The zero-order valence-corrected chi connectivity index (χ0v) is 16.7. The van der Waals surface area contributed by atoms with Crippen molar-refractivity contribution in [2.75, 3.05) is 12.4 Å². The summed E-state index contributed by atoms with van der Waals surface area (Å²) < 4.78 is 8.46. The van der Waals surface area contributed by atoms with Crippen LogP contribution in [0.4, 0.5) is 5.69 Å². The van der Waals surface area contributed by atoms with Crippen molar-refractivity contribution in [1.29, 1.82) is 0 Å². The van der Waals surface area contributed by atoms with Crippen LogP contribution in [0, 0.1) is 13.8 Å². The van der Waals surface area contributed by atoms with Crippen LogP contribution in [-0.2, 0) is 0 Å². The Hall–Kier alpha value is -3.35. The van der Waals surface area contributed by atoms with E-state index < -0.39 is 0 Å². The lowest BCUT2D eigenvalue weighted by Gasteiger charge is -2.11. The number of aromatic nitrogens is 3. The number of methoxy groups -OCH3 is 1. The third kappa shape index (κ3) is 3.69. The number of carbonyl (C=O) groups is 1. The topological polar surface area (TPSA) is 78.2 Å². The zero-order valence-electron chi connectivity index (χ0n) is 16.7. The number of hydrogen-bond donors (Lipinski definition) is 1. The van der Waals surface area contributed by atoms with Gasteiger partial charge in [-0.1, -0.05) is 0 Å². The van der Waals surface area contributed by atoms with Gasteiger partial charge in [-0.05, 0) is 58.0 Å². The molecule has 0 spiro atoms. The van der Waals surface area contributed by atoms with Gasteiger partial charge in [0.1, 0.15) is 5.75 Å². The highest BCUT2D eigenvalue weighted by molar-refractivity contribution is 6.04. The van der Waals surface area contributed by atoms with Gasteiger partial charge in [0.2, 0.25) is 0 Å². The van der Waals surface area contributed by atoms with Crippen LogP contribution in [0.15, 0.2) is 47.4 Å². The highest BCUT2D eigenvalue weighted by Crippen LogP contribution is 2.23. The number of pyridine rings is 1. The van der Waals surface area contributed by atoms with Crippen molar-refractivity contribution in [3.63, 3.8) is 0 Å². The second kappa shape index (κ2) is 7.72. The van der Waals surface area contributed by atoms with Gasteiger partial charge >= 0.3 is 0 Å². The molecule has 0 saturated heterocycles. The standard InChI is InChI=1S/C21H24N4O3/c1-13(2)25-15(4)20(14(3)23-25)22-21(27)16-6-11-19(26)24(12-16)17-7-9-18(28-5)10-8-17/h6-13H,1-5H3,(H,22,27). The molecule has 7 nitrogen and oxygen atoms in total. The Labute approximate surface area is 163 Å². The number of ether oxygens (including phenoxy) is 1. The van der Waals surface area contributed by atoms with Crippen molar-refractivity contribution in [2.45, 2.75) is 33.7 Å². The predicted octanol–water partition coefficient (Wildman–Crippen LogP) is 3.49. The monoisotopic (exact) mass is 380 g/mol. The molecular formula is C21H24N4O3. The van der Waals surface area contributed by atoms with E-state index in [1.807, 2.05) is 32.4 Å². The average molecular weight is 380 g/mol. The first-order valence-electron chi connectivity index (χ1n) is 9.06. The minimum atomic E-state index is -0.295. The Balaban J connectivity index is 1.92. The van der Waals surface area contributed by atoms with Gasteiger partial charge in [0.15, 0.2) is 0 Å². The Kier molecular flexibility index (Phi) is 5.35. The first-order valence-corrected chi connectivity index (χ1v) is 9.06. The molecule has 0 bridgehead atoms. The van der Waals surface area contributed by atoms with Crippen molar-refractivity contribution in [1.82, 2.24) is 14.3 Å². The van der Waals surface area contributed by atoms with E-state index in [-0.39, 0.29) is 17.5 Å². The summed E-state index contributed by atoms with van der Waals surface area (Å²) >= 11 is 0. The first-order chi connectivity index (χ1) is 13.3. The molecule has 1 N–H and O–H groups in total. The maximum absolute atomic E-state index is 12.8. The third-order valence-electron chi connectivity index (χ3n) is 4.58. The molecule has 7 heteroatoms. The van der Waals surface area contributed by atoms with Crippen LogP contribution in [0.5, 0.6) is 5.75 Å². The number of carbonyl (C=O) groups excluding carboxylic acids is 1. The molecule has 3 rings (SSSR count). The fourth-order valence-corrected chi connectivity index (χ4v) is 3.10. The lowest BCUT2D eigenvalue weighted by atomic mass is 10.2. The van der Waals surface area contributed by atoms with Gasteiger partial charge in [-0.2, -0.15) is 5.10 Å². The van der Waals surface area contributed by atoms with Crippen LogP contribution in [0.25, 0.3) is 5.69 Å². The number of anilines is 1. The maximum Gasteiger partial charge on any atom is 0.257 e. The smallest absolute Gasteiger partial charge is 0.257 e. The SMILES string of the molecule is COc1ccc(-n2cc(C(=O)Nc3c(C)nn(C(C)C)c3C)ccc2=O)cc1. The van der Waals surface area contributed by atoms with Gasteiger partial charge < -0.3 is 10.1 Å². The van der Waals surface area contributed by atoms with E-state index in [2.05, 4.69) is 10.4 Å². The van der Waals surface area contributed by atoms with E-state index in [1.54, 1.807) is 31.4 Å². The van der Waals surface area contributed by atoms with Crippen molar-refractivity contribution >= 4 is 11.6 Å². The summed E-state index contributed by atoms with van der Waals surface area (Å²) in [4.78, 5) is 25.1. The van der Waals surface area contributed by atoms with E-state index in [1.165, 1.54) is 22.9 Å². The van der Waals surface area contributed by atoms with Gasteiger partial charge in [-0.3, -0.25) is 18.8 Å². The van der Waals surface area contributed by atoms with Crippen molar-refractivity contribution in [3.8, 4) is 11.4 Å². The summed E-state index contributed by atoms with van der Waals surface area (Å²) in [6.07, 6.45) is 1.54. The molecule has 1 amide bonds. The van der Waals surface area contributed by atoms with E-state index >= 15 is 0 Å². The Morgan fingerprint density at radius 3 is 2.36 bits per heavy atom. The number of amides is 1. The summed E-state index contributed by atoms with van der Waals surface area (Å²) in [6, 6.07) is 10.2. The molecule has 0 radical (unpaired) electrons. The molecule has 0 saturated carbocycles. The van der Waals surface area contributed by atoms with E-state index in [0.717, 1.165) is 11.4 Å². The number of benzene rings is 1. The Morgan fingerprint density at radius 1 is 1.11 bits per heavy atom. The fraction of sp³-hybridized carbons (Fsp3) is 0.286. The largest absolute Gasteiger partial charge is 0.497 e. The molecule has 0 atom stereocenters. The second-order valence-corrected chi connectivity index (χ2v) is 6.86. The minimum Gasteiger partial charge on any atom is -0.497 e. The van der Waals surface area contributed by atoms with Crippen LogP contribution >= 0.6 is 0 Å². The molecule has 0 aliphatic heterocycles. The third-order valence-corrected chi connectivity index (χ3v) is 4.58. The molecule has 0 aliphatic rings. The molecule has 146 valence electrons. The minimum absolute atomic E-state index is 0.196.